The molecule has 9 atom stereocenters. The third kappa shape index (κ3) is 4.27. The van der Waals surface area contributed by atoms with E-state index in [1.165, 1.54) is 44.9 Å². The summed E-state index contributed by atoms with van der Waals surface area (Å²) in [5.41, 5.74) is 0.503. The quantitative estimate of drug-likeness (QED) is 0.428. The van der Waals surface area contributed by atoms with E-state index in [-0.39, 0.29) is 29.4 Å². The van der Waals surface area contributed by atoms with Crippen molar-refractivity contribution in [3.05, 3.63) is 0 Å². The van der Waals surface area contributed by atoms with Gasteiger partial charge < -0.3 is 9.64 Å². The third-order valence-electron chi connectivity index (χ3n) is 11.1. The molecule has 0 bridgehead atoms. The highest BCUT2D eigenvalue weighted by molar-refractivity contribution is 5.77. The van der Waals surface area contributed by atoms with Crippen LogP contribution in [0.2, 0.25) is 0 Å². The molecular weight excluding hydrogens is 410 g/mol. The third-order valence-corrected chi connectivity index (χ3v) is 11.1. The van der Waals surface area contributed by atoms with Crippen LogP contribution in [0.1, 0.15) is 106 Å². The van der Waals surface area contributed by atoms with Gasteiger partial charge in [0.15, 0.2) is 0 Å². The van der Waals surface area contributed by atoms with Gasteiger partial charge in [-0.05, 0) is 72.5 Å². The predicted octanol–water partition coefficient (Wildman–Crippen LogP) is 6.47. The Morgan fingerprint density at radius 1 is 1.06 bits per heavy atom. The minimum atomic E-state index is -0.156. The van der Waals surface area contributed by atoms with E-state index in [1.54, 1.807) is 6.92 Å². The van der Waals surface area contributed by atoms with E-state index in [4.69, 9.17) is 4.74 Å². The molecule has 8 unspecified atom stereocenters. The van der Waals surface area contributed by atoms with Gasteiger partial charge >= 0.3 is 5.97 Å². The number of rotatable bonds is 6. The van der Waals surface area contributed by atoms with Crippen molar-refractivity contribution in [1.29, 1.82) is 0 Å². The van der Waals surface area contributed by atoms with Crippen molar-refractivity contribution in [2.45, 2.75) is 118 Å². The highest BCUT2D eigenvalue weighted by Gasteiger charge is 2.64. The van der Waals surface area contributed by atoms with E-state index in [0.717, 1.165) is 30.6 Å². The summed E-state index contributed by atoms with van der Waals surface area (Å²) in [6.07, 6.45) is 11.6. The second-order valence-electron chi connectivity index (χ2n) is 13.2. The average Bonchev–Trinajstić information content (AvgIpc) is 3.09. The van der Waals surface area contributed by atoms with Gasteiger partial charge in [0.05, 0.1) is 0 Å². The van der Waals surface area contributed by atoms with E-state index in [1.807, 2.05) is 11.9 Å². The second-order valence-corrected chi connectivity index (χ2v) is 13.2. The average molecular weight is 460 g/mol. The van der Waals surface area contributed by atoms with E-state index >= 15 is 0 Å². The first-order chi connectivity index (χ1) is 15.5. The maximum atomic E-state index is 12.6. The zero-order chi connectivity index (χ0) is 24.1. The molecule has 33 heavy (non-hydrogen) atoms. The number of hydrogen-bond acceptors (Lipinski definition) is 3. The van der Waals surface area contributed by atoms with Crippen molar-refractivity contribution in [3.8, 4) is 0 Å². The molecule has 4 heteroatoms. The first-order valence-electron chi connectivity index (χ1n) is 13.9. The molecule has 4 fully saturated rings. The van der Waals surface area contributed by atoms with Crippen molar-refractivity contribution >= 4 is 11.9 Å². The molecule has 1 heterocycles. The van der Waals surface area contributed by atoms with Gasteiger partial charge in [-0.2, -0.15) is 0 Å². The van der Waals surface area contributed by atoms with Crippen LogP contribution in [0, 0.1) is 46.3 Å². The standard InChI is InChI=1S/C29H49NO3/c1-18(2)9-8-10-19(3)21-11-12-22-27-23(13-15-28(21,22)5)29(6)16-14-26(32)30(7)25(29)17-24(27)33-20(4)31/h18-19,21-25,27H,8-17H2,1-7H3/t19?,21?,22?,23?,24?,25?,27?,28?,29-/m1/s1. The number of hydrogen-bond donors (Lipinski definition) is 0. The van der Waals surface area contributed by atoms with Crippen LogP contribution >= 0.6 is 0 Å². The van der Waals surface area contributed by atoms with E-state index < -0.39 is 0 Å². The monoisotopic (exact) mass is 459 g/mol. The minimum Gasteiger partial charge on any atom is -0.462 e. The van der Waals surface area contributed by atoms with Crippen LogP contribution in [-0.2, 0) is 14.3 Å². The fourth-order valence-electron chi connectivity index (χ4n) is 9.42. The van der Waals surface area contributed by atoms with Crippen LogP contribution in [0.15, 0.2) is 0 Å². The van der Waals surface area contributed by atoms with Crippen molar-refractivity contribution in [3.63, 3.8) is 0 Å². The molecule has 0 radical (unpaired) electrons. The Labute approximate surface area is 202 Å². The molecular formula is C29H49NO3. The van der Waals surface area contributed by atoms with Crippen LogP contribution in [0.25, 0.3) is 0 Å². The van der Waals surface area contributed by atoms with E-state index in [2.05, 4.69) is 34.6 Å². The Morgan fingerprint density at radius 3 is 2.42 bits per heavy atom. The molecule has 188 valence electrons. The number of esters is 1. The molecule has 3 aliphatic carbocycles. The van der Waals surface area contributed by atoms with E-state index in [9.17, 15) is 9.59 Å². The Balaban J connectivity index is 1.60. The molecule has 0 N–H and O–H groups in total. The minimum absolute atomic E-state index is 0.0430. The second kappa shape index (κ2) is 9.19. The summed E-state index contributed by atoms with van der Waals surface area (Å²) in [6.45, 7) is 13.8. The number of piperidine rings is 1. The summed E-state index contributed by atoms with van der Waals surface area (Å²) in [5, 5.41) is 0. The summed E-state index contributed by atoms with van der Waals surface area (Å²) >= 11 is 0. The Hall–Kier alpha value is -1.06. The molecule has 0 aromatic carbocycles. The lowest BCUT2D eigenvalue weighted by molar-refractivity contribution is -0.195. The lowest BCUT2D eigenvalue weighted by Gasteiger charge is -2.63. The van der Waals surface area contributed by atoms with Gasteiger partial charge in [-0.15, -0.1) is 0 Å². The molecule has 1 amide bonds. The number of fused-ring (bicyclic) bond motifs is 5. The number of carbonyl (C=O) groups excluding carboxylic acids is 2. The fourth-order valence-corrected chi connectivity index (χ4v) is 9.42. The SMILES string of the molecule is CC(=O)OC1CC2N(C)C(=O)CC[C@]2(C)C2CCC3(C)C(C(C)CCCC(C)C)CCC3C12. The molecule has 3 saturated carbocycles. The van der Waals surface area contributed by atoms with Gasteiger partial charge in [0, 0.05) is 38.8 Å². The number of ether oxygens (including phenoxy) is 1. The smallest absolute Gasteiger partial charge is 0.302 e. The summed E-state index contributed by atoms with van der Waals surface area (Å²) in [4.78, 5) is 26.8. The normalized spacial score (nSPS) is 43.6. The predicted molar refractivity (Wildman–Crippen MR) is 132 cm³/mol. The first-order valence-corrected chi connectivity index (χ1v) is 13.9. The summed E-state index contributed by atoms with van der Waals surface area (Å²) < 4.78 is 6.10. The Morgan fingerprint density at radius 2 is 1.76 bits per heavy atom. The van der Waals surface area contributed by atoms with Crippen LogP contribution in [0.5, 0.6) is 0 Å². The van der Waals surface area contributed by atoms with Crippen LogP contribution in [-0.4, -0.2) is 36.0 Å². The first kappa shape index (κ1) is 25.0. The van der Waals surface area contributed by atoms with Gasteiger partial charge in [0.25, 0.3) is 0 Å². The number of amides is 1. The number of carbonyl (C=O) groups is 2. The highest BCUT2D eigenvalue weighted by Crippen LogP contribution is 2.67. The molecule has 4 aliphatic rings. The summed E-state index contributed by atoms with van der Waals surface area (Å²) in [7, 11) is 1.98. The van der Waals surface area contributed by atoms with Crippen molar-refractivity contribution in [1.82, 2.24) is 4.90 Å². The van der Waals surface area contributed by atoms with Gasteiger partial charge in [-0.1, -0.05) is 53.9 Å². The van der Waals surface area contributed by atoms with Crippen LogP contribution < -0.4 is 0 Å². The van der Waals surface area contributed by atoms with Crippen LogP contribution in [0.3, 0.4) is 0 Å². The number of nitrogens with zero attached hydrogens (tertiary/aromatic N) is 1. The molecule has 4 nitrogen and oxygen atoms in total. The maximum Gasteiger partial charge on any atom is 0.302 e. The number of likely N-dealkylation sites (tertiary alicyclic amines) is 1. The summed E-state index contributed by atoms with van der Waals surface area (Å²) in [6, 6.07) is 0.195. The van der Waals surface area contributed by atoms with E-state index in [0.29, 0.717) is 29.6 Å². The largest absolute Gasteiger partial charge is 0.462 e. The van der Waals surface area contributed by atoms with Crippen molar-refractivity contribution < 1.29 is 14.3 Å². The van der Waals surface area contributed by atoms with Gasteiger partial charge in [-0.25, -0.2) is 0 Å². The highest BCUT2D eigenvalue weighted by atomic mass is 16.5. The van der Waals surface area contributed by atoms with Gasteiger partial charge in [0.1, 0.15) is 6.10 Å². The zero-order valence-electron chi connectivity index (χ0n) is 22.4. The Kier molecular flexibility index (Phi) is 6.97. The van der Waals surface area contributed by atoms with Crippen molar-refractivity contribution in [2.24, 2.45) is 46.3 Å². The summed E-state index contributed by atoms with van der Waals surface area (Å²) in [5.74, 6) is 4.08. The molecule has 0 aromatic rings. The lowest BCUT2D eigenvalue weighted by Crippen LogP contribution is -2.65. The lowest BCUT2D eigenvalue weighted by atomic mass is 9.45. The van der Waals surface area contributed by atoms with Gasteiger partial charge in [0.2, 0.25) is 5.91 Å². The molecule has 1 aliphatic heterocycles. The maximum absolute atomic E-state index is 12.6. The molecule has 4 rings (SSSR count). The fraction of sp³-hybridized carbons (Fsp3) is 0.931. The molecule has 0 spiro atoms. The Bertz CT molecular complexity index is 749. The van der Waals surface area contributed by atoms with Gasteiger partial charge in [-0.3, -0.25) is 9.59 Å². The molecule has 0 aromatic heterocycles. The topological polar surface area (TPSA) is 46.6 Å². The van der Waals surface area contributed by atoms with Crippen molar-refractivity contribution in [2.75, 3.05) is 7.05 Å². The zero-order valence-corrected chi connectivity index (χ0v) is 22.4. The van der Waals surface area contributed by atoms with Crippen LogP contribution in [0.4, 0.5) is 0 Å². The molecule has 1 saturated heterocycles.